The number of hydrogen-bond acceptors (Lipinski definition) is 3. The van der Waals surface area contributed by atoms with Crippen molar-refractivity contribution in [1.82, 2.24) is 4.90 Å². The second-order valence-corrected chi connectivity index (χ2v) is 5.46. The quantitative estimate of drug-likeness (QED) is 0.758. The Balaban J connectivity index is 1.97. The summed E-state index contributed by atoms with van der Waals surface area (Å²) >= 11 is 3.01. The van der Waals surface area contributed by atoms with E-state index >= 15 is 0 Å². The minimum Gasteiger partial charge on any atom is -0.393 e. The fourth-order valence-electron chi connectivity index (χ4n) is 1.97. The molecule has 0 unspecified atom stereocenters. The molecule has 2 rings (SSSR count). The summed E-state index contributed by atoms with van der Waals surface area (Å²) in [5, 5.41) is 11.7. The zero-order chi connectivity index (χ0) is 14.7. The minimum atomic E-state index is -0.803. The molecule has 1 aliphatic heterocycles. The Hall–Kier alpha value is -1.47. The van der Waals surface area contributed by atoms with Gasteiger partial charge in [-0.2, -0.15) is 0 Å². The standard InChI is InChI=1S/C13H14BrFN2O3/c14-10-2-1-8(7-11(10)15)16-12(19)13(20)17-5-3-9(18)4-6-17/h1-2,7,9,18H,3-6H2,(H,16,19). The molecule has 1 fully saturated rings. The minimum absolute atomic E-state index is 0.223. The highest BCUT2D eigenvalue weighted by molar-refractivity contribution is 9.10. The second kappa shape index (κ2) is 6.32. The fraction of sp³-hybridized carbons (Fsp3) is 0.385. The summed E-state index contributed by atoms with van der Waals surface area (Å²) in [5.74, 6) is -1.99. The van der Waals surface area contributed by atoms with Crippen LogP contribution in [-0.4, -0.2) is 41.0 Å². The summed E-state index contributed by atoms with van der Waals surface area (Å²) in [6.07, 6.45) is 0.514. The van der Waals surface area contributed by atoms with Crippen LogP contribution in [0.15, 0.2) is 22.7 Å². The first-order valence-corrected chi connectivity index (χ1v) is 7.00. The summed E-state index contributed by atoms with van der Waals surface area (Å²) in [5.41, 5.74) is 0.223. The van der Waals surface area contributed by atoms with Crippen LogP contribution in [0.2, 0.25) is 0 Å². The molecule has 108 valence electrons. The highest BCUT2D eigenvalue weighted by Crippen LogP contribution is 2.19. The topological polar surface area (TPSA) is 69.6 Å². The first kappa shape index (κ1) is 14.9. The van der Waals surface area contributed by atoms with Gasteiger partial charge in [-0.15, -0.1) is 0 Å². The van der Waals surface area contributed by atoms with E-state index < -0.39 is 23.7 Å². The van der Waals surface area contributed by atoms with Crippen molar-refractivity contribution in [2.45, 2.75) is 18.9 Å². The van der Waals surface area contributed by atoms with E-state index in [4.69, 9.17) is 0 Å². The third-order valence-electron chi connectivity index (χ3n) is 3.12. The molecule has 0 spiro atoms. The smallest absolute Gasteiger partial charge is 0.313 e. The number of rotatable bonds is 1. The average molecular weight is 345 g/mol. The fourth-order valence-corrected chi connectivity index (χ4v) is 2.22. The molecule has 0 radical (unpaired) electrons. The number of halogens is 2. The van der Waals surface area contributed by atoms with Gasteiger partial charge in [0.15, 0.2) is 0 Å². The van der Waals surface area contributed by atoms with Crippen LogP contribution in [0.1, 0.15) is 12.8 Å². The van der Waals surface area contributed by atoms with Crippen LogP contribution >= 0.6 is 15.9 Å². The molecule has 1 aliphatic rings. The first-order chi connectivity index (χ1) is 9.47. The van der Waals surface area contributed by atoms with Crippen molar-refractivity contribution >= 4 is 33.4 Å². The molecule has 1 heterocycles. The zero-order valence-electron chi connectivity index (χ0n) is 10.6. The van der Waals surface area contributed by atoms with Gasteiger partial charge >= 0.3 is 11.8 Å². The van der Waals surface area contributed by atoms with E-state index in [0.29, 0.717) is 25.9 Å². The molecule has 1 saturated heterocycles. The van der Waals surface area contributed by atoms with E-state index in [-0.39, 0.29) is 10.2 Å². The molecule has 0 saturated carbocycles. The highest BCUT2D eigenvalue weighted by atomic mass is 79.9. The van der Waals surface area contributed by atoms with Gasteiger partial charge in [-0.1, -0.05) is 0 Å². The molecule has 20 heavy (non-hydrogen) atoms. The number of nitrogens with one attached hydrogen (secondary N) is 1. The number of likely N-dealkylation sites (tertiary alicyclic amines) is 1. The maximum absolute atomic E-state index is 13.3. The summed E-state index contributed by atoms with van der Waals surface area (Å²) in [4.78, 5) is 25.1. The molecular weight excluding hydrogens is 331 g/mol. The van der Waals surface area contributed by atoms with E-state index in [2.05, 4.69) is 21.2 Å². The SMILES string of the molecule is O=C(Nc1ccc(Br)c(F)c1)C(=O)N1CCC(O)CC1. The van der Waals surface area contributed by atoms with Crippen molar-refractivity contribution in [1.29, 1.82) is 0 Å². The van der Waals surface area contributed by atoms with Crippen molar-refractivity contribution in [2.75, 3.05) is 18.4 Å². The third-order valence-corrected chi connectivity index (χ3v) is 3.77. The number of amides is 2. The Morgan fingerprint density at radius 2 is 2.00 bits per heavy atom. The molecule has 7 heteroatoms. The largest absolute Gasteiger partial charge is 0.393 e. The molecule has 2 amide bonds. The summed E-state index contributed by atoms with van der Waals surface area (Å²) < 4.78 is 13.6. The molecule has 5 nitrogen and oxygen atoms in total. The van der Waals surface area contributed by atoms with E-state index in [1.807, 2.05) is 0 Å². The van der Waals surface area contributed by atoms with Crippen LogP contribution in [0.5, 0.6) is 0 Å². The van der Waals surface area contributed by atoms with Crippen LogP contribution in [0.4, 0.5) is 10.1 Å². The van der Waals surface area contributed by atoms with Crippen molar-refractivity contribution in [2.24, 2.45) is 0 Å². The van der Waals surface area contributed by atoms with Gasteiger partial charge in [0, 0.05) is 18.8 Å². The van der Waals surface area contributed by atoms with Crippen molar-refractivity contribution in [3.63, 3.8) is 0 Å². The number of nitrogens with zero attached hydrogens (tertiary/aromatic N) is 1. The van der Waals surface area contributed by atoms with Gasteiger partial charge in [0.25, 0.3) is 0 Å². The van der Waals surface area contributed by atoms with Crippen molar-refractivity contribution < 1.29 is 19.1 Å². The monoisotopic (exact) mass is 344 g/mol. The number of benzene rings is 1. The Morgan fingerprint density at radius 1 is 1.35 bits per heavy atom. The molecule has 2 N–H and O–H groups in total. The van der Waals surface area contributed by atoms with Gasteiger partial charge < -0.3 is 15.3 Å². The zero-order valence-corrected chi connectivity index (χ0v) is 12.2. The number of aliphatic hydroxyl groups is 1. The lowest BCUT2D eigenvalue weighted by Crippen LogP contribution is -2.45. The van der Waals surface area contributed by atoms with Gasteiger partial charge in [0.2, 0.25) is 0 Å². The van der Waals surface area contributed by atoms with Gasteiger partial charge in [0.1, 0.15) is 5.82 Å². The number of anilines is 1. The maximum atomic E-state index is 13.3. The maximum Gasteiger partial charge on any atom is 0.313 e. The molecule has 1 aromatic carbocycles. The summed E-state index contributed by atoms with van der Waals surface area (Å²) in [7, 11) is 0. The van der Waals surface area contributed by atoms with Crippen LogP contribution in [0, 0.1) is 5.82 Å². The first-order valence-electron chi connectivity index (χ1n) is 6.21. The van der Waals surface area contributed by atoms with Gasteiger partial charge in [-0.05, 0) is 47.0 Å². The number of aliphatic hydroxyl groups excluding tert-OH is 1. The van der Waals surface area contributed by atoms with Gasteiger partial charge in [0.05, 0.1) is 10.6 Å². The van der Waals surface area contributed by atoms with Crippen molar-refractivity contribution in [3.8, 4) is 0 Å². The predicted octanol–water partition coefficient (Wildman–Crippen LogP) is 1.51. The Bertz CT molecular complexity index is 530. The lowest BCUT2D eigenvalue weighted by molar-refractivity contribution is -0.144. The molecule has 0 atom stereocenters. The number of carbonyl (C=O) groups excluding carboxylic acids is 2. The Labute approximate surface area is 123 Å². The number of carbonyl (C=O) groups is 2. The lowest BCUT2D eigenvalue weighted by Gasteiger charge is -2.28. The van der Waals surface area contributed by atoms with E-state index in [1.54, 1.807) is 0 Å². The molecule has 1 aromatic rings. The van der Waals surface area contributed by atoms with Crippen LogP contribution in [0.3, 0.4) is 0 Å². The van der Waals surface area contributed by atoms with Crippen LogP contribution in [-0.2, 0) is 9.59 Å². The van der Waals surface area contributed by atoms with Crippen molar-refractivity contribution in [3.05, 3.63) is 28.5 Å². The predicted molar refractivity (Wildman–Crippen MR) is 74.6 cm³/mol. The highest BCUT2D eigenvalue weighted by Gasteiger charge is 2.26. The second-order valence-electron chi connectivity index (χ2n) is 4.61. The normalized spacial score (nSPS) is 16.1. The van der Waals surface area contributed by atoms with E-state index in [0.717, 1.165) is 6.07 Å². The average Bonchev–Trinajstić information content (AvgIpc) is 2.43. The molecule has 0 aromatic heterocycles. The number of hydrogen-bond donors (Lipinski definition) is 2. The summed E-state index contributed by atoms with van der Waals surface area (Å²) in [6.45, 7) is 0.699. The Kier molecular flexibility index (Phi) is 4.72. The van der Waals surface area contributed by atoms with E-state index in [9.17, 15) is 19.1 Å². The van der Waals surface area contributed by atoms with Crippen LogP contribution < -0.4 is 5.32 Å². The third kappa shape index (κ3) is 3.55. The molecule has 0 aliphatic carbocycles. The van der Waals surface area contributed by atoms with Crippen LogP contribution in [0.25, 0.3) is 0 Å². The van der Waals surface area contributed by atoms with Gasteiger partial charge in [-0.25, -0.2) is 4.39 Å². The molecule has 0 bridgehead atoms. The Morgan fingerprint density at radius 3 is 2.60 bits per heavy atom. The summed E-state index contributed by atoms with van der Waals surface area (Å²) in [6, 6.07) is 4.08. The number of piperidine rings is 1. The lowest BCUT2D eigenvalue weighted by atomic mass is 10.1. The van der Waals surface area contributed by atoms with Gasteiger partial charge in [-0.3, -0.25) is 9.59 Å². The van der Waals surface area contributed by atoms with E-state index in [1.165, 1.54) is 17.0 Å². The molecular formula is C13H14BrFN2O3.